The molecule has 0 saturated carbocycles. The third-order valence-corrected chi connectivity index (χ3v) is 5.19. The number of hydrogen-bond acceptors (Lipinski definition) is 8. The van der Waals surface area contributed by atoms with Crippen molar-refractivity contribution in [2.45, 2.75) is 0 Å². The van der Waals surface area contributed by atoms with Crippen LogP contribution in [0.2, 0.25) is 0 Å². The second-order valence-corrected chi connectivity index (χ2v) is 7.43. The van der Waals surface area contributed by atoms with E-state index in [0.717, 1.165) is 12.3 Å². The van der Waals surface area contributed by atoms with Gasteiger partial charge in [-0.25, -0.2) is 10.5 Å². The number of nitrogens with zero attached hydrogens (tertiary/aromatic N) is 3. The van der Waals surface area contributed by atoms with E-state index in [4.69, 9.17) is 4.74 Å². The van der Waals surface area contributed by atoms with Crippen LogP contribution in [0.25, 0.3) is 22.4 Å². The molecule has 1 heterocycles. The van der Waals surface area contributed by atoms with E-state index in [9.17, 15) is 24.8 Å². The zero-order chi connectivity index (χ0) is 25.7. The highest BCUT2D eigenvalue weighted by molar-refractivity contribution is 6.03. The van der Waals surface area contributed by atoms with Crippen molar-refractivity contribution in [3.63, 3.8) is 0 Å². The molecule has 36 heavy (non-hydrogen) atoms. The largest absolute Gasteiger partial charge is 0.500 e. The van der Waals surface area contributed by atoms with E-state index in [0.29, 0.717) is 22.4 Å². The van der Waals surface area contributed by atoms with Crippen LogP contribution >= 0.6 is 0 Å². The van der Waals surface area contributed by atoms with Crippen LogP contribution < -0.4 is 15.7 Å². The normalized spacial score (nSPS) is 10.8. The number of amides is 1. The van der Waals surface area contributed by atoms with Crippen LogP contribution in [0.4, 0.5) is 5.69 Å². The Morgan fingerprint density at radius 2 is 1.75 bits per heavy atom. The van der Waals surface area contributed by atoms with Gasteiger partial charge < -0.3 is 9.84 Å². The van der Waals surface area contributed by atoms with Crippen LogP contribution in [0.15, 0.2) is 82.7 Å². The SMILES string of the molecule is COc1cc(C=NNC(=O)c2c(-c3ccccc3)c(-c3ccccc3)n[nH]c2=O)cc([N+](=O)[O-])c1O. The number of methoxy groups -OCH3 is 1. The molecular weight excluding hydrogens is 466 g/mol. The average molecular weight is 485 g/mol. The van der Waals surface area contributed by atoms with Crippen LogP contribution in [-0.4, -0.2) is 39.5 Å². The Kier molecular flexibility index (Phi) is 6.82. The van der Waals surface area contributed by atoms with Crippen LogP contribution in [0.5, 0.6) is 11.5 Å². The Morgan fingerprint density at radius 3 is 2.36 bits per heavy atom. The van der Waals surface area contributed by atoms with Gasteiger partial charge in [-0.2, -0.15) is 10.2 Å². The van der Waals surface area contributed by atoms with Crippen molar-refractivity contribution in [2.75, 3.05) is 7.11 Å². The van der Waals surface area contributed by atoms with Gasteiger partial charge in [-0.1, -0.05) is 60.7 Å². The lowest BCUT2D eigenvalue weighted by molar-refractivity contribution is -0.386. The fourth-order valence-corrected chi connectivity index (χ4v) is 3.56. The molecule has 4 rings (SSSR count). The van der Waals surface area contributed by atoms with Crippen LogP contribution in [0, 0.1) is 10.1 Å². The highest BCUT2D eigenvalue weighted by atomic mass is 16.6. The molecule has 11 nitrogen and oxygen atoms in total. The number of carbonyl (C=O) groups is 1. The molecule has 4 aromatic rings. The van der Waals surface area contributed by atoms with Gasteiger partial charge in [0.1, 0.15) is 5.56 Å². The number of nitro benzene ring substituents is 1. The highest BCUT2D eigenvalue weighted by Gasteiger charge is 2.23. The molecule has 0 saturated heterocycles. The number of hydrogen-bond donors (Lipinski definition) is 3. The van der Waals surface area contributed by atoms with Crippen molar-refractivity contribution in [1.82, 2.24) is 15.6 Å². The Hall–Kier alpha value is -5.32. The molecular formula is C25H19N5O6. The number of phenols is 1. The third-order valence-electron chi connectivity index (χ3n) is 5.19. The highest BCUT2D eigenvalue weighted by Crippen LogP contribution is 2.36. The molecule has 0 fully saturated rings. The molecule has 180 valence electrons. The fourth-order valence-electron chi connectivity index (χ4n) is 3.56. The van der Waals surface area contributed by atoms with E-state index in [2.05, 4.69) is 20.7 Å². The smallest absolute Gasteiger partial charge is 0.315 e. The summed E-state index contributed by atoms with van der Waals surface area (Å²) in [7, 11) is 1.24. The first-order valence-electron chi connectivity index (χ1n) is 10.5. The maximum atomic E-state index is 13.1. The van der Waals surface area contributed by atoms with Gasteiger partial charge in [-0.05, 0) is 11.6 Å². The number of rotatable bonds is 7. The predicted octanol–water partition coefficient (Wildman–Crippen LogP) is 3.49. The Balaban J connectivity index is 1.74. The average Bonchev–Trinajstić information content (AvgIpc) is 2.90. The molecule has 0 aliphatic heterocycles. The van der Waals surface area contributed by atoms with E-state index in [1.165, 1.54) is 13.2 Å². The van der Waals surface area contributed by atoms with Crippen molar-refractivity contribution in [2.24, 2.45) is 5.10 Å². The van der Waals surface area contributed by atoms with Gasteiger partial charge in [-0.15, -0.1) is 0 Å². The number of H-pyrrole nitrogens is 1. The number of nitro groups is 1. The lowest BCUT2D eigenvalue weighted by Crippen LogP contribution is -2.28. The van der Waals surface area contributed by atoms with Crippen molar-refractivity contribution >= 4 is 17.8 Å². The summed E-state index contributed by atoms with van der Waals surface area (Å²) >= 11 is 0. The standard InChI is InChI=1S/C25H19N5O6/c1-36-19-13-15(12-18(23(19)31)30(34)35)14-26-28-24(32)21-20(16-8-4-2-5-9-16)22(27-29-25(21)33)17-10-6-3-7-11-17/h2-14,31H,1H3,(H,28,32)(H,29,33). The molecule has 1 amide bonds. The van der Waals surface area contributed by atoms with Gasteiger partial charge in [0.2, 0.25) is 5.75 Å². The molecule has 0 aliphatic carbocycles. The number of benzene rings is 3. The second kappa shape index (κ2) is 10.3. The van der Waals surface area contributed by atoms with E-state index < -0.39 is 27.8 Å². The minimum Gasteiger partial charge on any atom is -0.500 e. The number of carbonyl (C=O) groups excluding carboxylic acids is 1. The monoisotopic (exact) mass is 485 g/mol. The predicted molar refractivity (Wildman–Crippen MR) is 132 cm³/mol. The second-order valence-electron chi connectivity index (χ2n) is 7.43. The first-order valence-corrected chi connectivity index (χ1v) is 10.5. The van der Waals surface area contributed by atoms with Gasteiger partial charge >= 0.3 is 5.69 Å². The maximum Gasteiger partial charge on any atom is 0.315 e. The summed E-state index contributed by atoms with van der Waals surface area (Å²) in [5.41, 5.74) is 2.95. The molecule has 1 aromatic heterocycles. The quantitative estimate of drug-likeness (QED) is 0.205. The van der Waals surface area contributed by atoms with Gasteiger partial charge in [0, 0.05) is 22.8 Å². The summed E-state index contributed by atoms with van der Waals surface area (Å²) in [6.45, 7) is 0. The molecule has 3 N–H and O–H groups in total. The van der Waals surface area contributed by atoms with E-state index in [-0.39, 0.29) is 16.9 Å². The van der Waals surface area contributed by atoms with Crippen molar-refractivity contribution in [1.29, 1.82) is 0 Å². The van der Waals surface area contributed by atoms with Gasteiger partial charge in [0.15, 0.2) is 5.75 Å². The van der Waals surface area contributed by atoms with Crippen molar-refractivity contribution in [3.8, 4) is 33.9 Å². The summed E-state index contributed by atoms with van der Waals surface area (Å²) in [4.78, 5) is 36.3. The molecule has 0 atom stereocenters. The van der Waals surface area contributed by atoms with Gasteiger partial charge in [0.05, 0.1) is 23.9 Å². The number of hydrazone groups is 1. The number of phenolic OH excluding ortho intramolecular Hbond substituents is 1. The minimum absolute atomic E-state index is 0.138. The van der Waals surface area contributed by atoms with Crippen LogP contribution in [0.3, 0.4) is 0 Å². The van der Waals surface area contributed by atoms with Crippen molar-refractivity contribution in [3.05, 3.63) is 104 Å². The Labute approximate surface area is 203 Å². The molecule has 3 aromatic carbocycles. The third kappa shape index (κ3) is 4.80. The molecule has 11 heteroatoms. The molecule has 0 aliphatic rings. The first kappa shape index (κ1) is 23.8. The fraction of sp³-hybridized carbons (Fsp3) is 0.0400. The molecule has 0 spiro atoms. The molecule has 0 bridgehead atoms. The number of nitrogens with one attached hydrogen (secondary N) is 2. The summed E-state index contributed by atoms with van der Waals surface area (Å²) in [6.07, 6.45) is 1.13. The summed E-state index contributed by atoms with van der Waals surface area (Å²) in [5.74, 6) is -1.58. The molecule has 0 unspecified atom stereocenters. The van der Waals surface area contributed by atoms with Gasteiger partial charge in [-0.3, -0.25) is 19.7 Å². The van der Waals surface area contributed by atoms with Crippen LogP contribution in [-0.2, 0) is 0 Å². The minimum atomic E-state index is -0.814. The summed E-state index contributed by atoms with van der Waals surface area (Å²) in [6, 6.07) is 20.3. The van der Waals surface area contributed by atoms with Gasteiger partial charge in [0.25, 0.3) is 11.5 Å². The maximum absolute atomic E-state index is 13.1. The summed E-state index contributed by atoms with van der Waals surface area (Å²) < 4.78 is 4.95. The first-order chi connectivity index (χ1) is 17.4. The molecule has 0 radical (unpaired) electrons. The van der Waals surface area contributed by atoms with Crippen molar-refractivity contribution < 1.29 is 19.6 Å². The summed E-state index contributed by atoms with van der Waals surface area (Å²) in [5, 5.41) is 31.5. The van der Waals surface area contributed by atoms with E-state index >= 15 is 0 Å². The zero-order valence-electron chi connectivity index (χ0n) is 18.8. The van der Waals surface area contributed by atoms with Crippen LogP contribution in [0.1, 0.15) is 15.9 Å². The van der Waals surface area contributed by atoms with E-state index in [1.807, 2.05) is 18.2 Å². The Morgan fingerprint density at radius 1 is 1.11 bits per heavy atom. The zero-order valence-corrected chi connectivity index (χ0v) is 18.8. The van der Waals surface area contributed by atoms with E-state index in [1.54, 1.807) is 42.5 Å². The number of ether oxygens (including phenoxy) is 1. The lowest BCUT2D eigenvalue weighted by Gasteiger charge is -2.12. The Bertz CT molecular complexity index is 1520. The number of aromatic hydroxyl groups is 1. The topological polar surface area (TPSA) is 160 Å². The lowest BCUT2D eigenvalue weighted by atomic mass is 9.95. The number of aromatic nitrogens is 2. The number of aromatic amines is 1.